The molecule has 0 atom stereocenters. The number of primary amides is 1. The van der Waals surface area contributed by atoms with Crippen LogP contribution in [0.4, 0.5) is 10.5 Å². The molecule has 1 rings (SSSR count). The fourth-order valence-electron chi connectivity index (χ4n) is 1.71. The highest BCUT2D eigenvalue weighted by Gasteiger charge is 2.21. The van der Waals surface area contributed by atoms with Crippen molar-refractivity contribution >= 4 is 29.3 Å². The Morgan fingerprint density at radius 1 is 1.35 bits per heavy atom. The largest absolute Gasteiger partial charge is 0.488 e. The van der Waals surface area contributed by atoms with Crippen LogP contribution < -0.4 is 15.8 Å². The van der Waals surface area contributed by atoms with Crippen LogP contribution in [0.3, 0.4) is 0 Å². The van der Waals surface area contributed by atoms with Crippen molar-refractivity contribution in [3.63, 3.8) is 0 Å². The van der Waals surface area contributed by atoms with E-state index in [1.165, 1.54) is 6.07 Å². The number of nitrogens with two attached hydrogens (primary N) is 1. The van der Waals surface area contributed by atoms with Crippen molar-refractivity contribution in [2.24, 2.45) is 5.73 Å². The molecule has 0 aliphatic rings. The molecule has 0 heterocycles. The average Bonchev–Trinajstić information content (AvgIpc) is 2.49. The molecule has 0 bridgehead atoms. The smallest absolute Gasteiger partial charge is 0.407 e. The van der Waals surface area contributed by atoms with Crippen LogP contribution in [0.25, 0.3) is 0 Å². The van der Waals surface area contributed by atoms with Gasteiger partial charge in [-0.2, -0.15) is 0 Å². The van der Waals surface area contributed by atoms with Crippen LogP contribution in [0, 0.1) is 10.1 Å². The number of amides is 2. The van der Waals surface area contributed by atoms with Crippen molar-refractivity contribution in [2.45, 2.75) is 26.4 Å². The summed E-state index contributed by atoms with van der Waals surface area (Å²) in [6, 6.07) is 2.21. The van der Waals surface area contributed by atoms with Gasteiger partial charge in [-0.1, -0.05) is 17.7 Å². The summed E-state index contributed by atoms with van der Waals surface area (Å²) in [4.78, 5) is 32.9. The van der Waals surface area contributed by atoms with Gasteiger partial charge >= 0.3 is 6.09 Å². The molecule has 0 radical (unpaired) electrons. The first kappa shape index (κ1) is 21.2. The average molecular weight is 386 g/mol. The molecule has 0 aliphatic heterocycles. The number of benzene rings is 1. The number of carbonyl (C=O) groups excluding carboxylic acids is 2. The van der Waals surface area contributed by atoms with Crippen molar-refractivity contribution < 1.29 is 24.0 Å². The lowest BCUT2D eigenvalue weighted by Crippen LogP contribution is -2.32. The molecule has 10 heteroatoms. The Hall–Kier alpha value is -2.81. The maximum atomic E-state index is 11.4. The lowest BCUT2D eigenvalue weighted by atomic mass is 10.2. The summed E-state index contributed by atoms with van der Waals surface area (Å²) >= 11 is 5.91. The molecule has 26 heavy (non-hydrogen) atoms. The maximum absolute atomic E-state index is 11.4. The maximum Gasteiger partial charge on any atom is 0.407 e. The van der Waals surface area contributed by atoms with Crippen LogP contribution in [-0.4, -0.2) is 35.7 Å². The highest BCUT2D eigenvalue weighted by atomic mass is 35.5. The Morgan fingerprint density at radius 2 is 2.00 bits per heavy atom. The van der Waals surface area contributed by atoms with Crippen molar-refractivity contribution in [1.82, 2.24) is 5.32 Å². The Morgan fingerprint density at radius 3 is 2.54 bits per heavy atom. The summed E-state index contributed by atoms with van der Waals surface area (Å²) in [6.45, 7) is 5.46. The Balaban J connectivity index is 2.63. The van der Waals surface area contributed by atoms with Crippen molar-refractivity contribution in [3.05, 3.63) is 45.0 Å². The molecule has 2 amide bonds. The molecular formula is C16H20ClN3O6. The molecule has 9 nitrogen and oxygen atoms in total. The van der Waals surface area contributed by atoms with Crippen LogP contribution in [0.2, 0.25) is 5.02 Å². The van der Waals surface area contributed by atoms with Gasteiger partial charge in [0.1, 0.15) is 18.0 Å². The Labute approximate surface area is 155 Å². The number of hydrogen-bond donors (Lipinski definition) is 2. The van der Waals surface area contributed by atoms with E-state index in [0.717, 1.165) is 6.07 Å². The van der Waals surface area contributed by atoms with Crippen molar-refractivity contribution in [2.75, 3.05) is 13.2 Å². The number of nitro groups is 1. The number of alkyl carbamates (subject to hydrolysis) is 1. The number of nitrogens with zero attached hydrogens (tertiary/aromatic N) is 1. The van der Waals surface area contributed by atoms with Gasteiger partial charge in [-0.25, -0.2) is 4.79 Å². The lowest BCUT2D eigenvalue weighted by Gasteiger charge is -2.19. The summed E-state index contributed by atoms with van der Waals surface area (Å²) < 4.78 is 10.4. The Bertz CT molecular complexity index is 727. The first-order valence-corrected chi connectivity index (χ1v) is 7.91. The fourth-order valence-corrected chi connectivity index (χ4v) is 1.94. The molecule has 0 aromatic heterocycles. The standard InChI is InChI=1S/C16H20ClN3O6/c1-16(2,3)26-15(22)19-6-4-5-7-25-12-9-10(14(18)21)8-11(13(12)17)20(23)24/h4-5,8-9H,6-7H2,1-3H3,(H2,18,21)(H,19,22)/b5-4+. The van der Waals surface area contributed by atoms with E-state index in [0.29, 0.717) is 0 Å². The van der Waals surface area contributed by atoms with Gasteiger partial charge in [0.15, 0.2) is 5.02 Å². The molecule has 0 saturated carbocycles. The second-order valence-electron chi connectivity index (χ2n) is 6.09. The summed E-state index contributed by atoms with van der Waals surface area (Å²) in [5, 5.41) is 13.3. The Kier molecular flexibility index (Phi) is 7.39. The molecule has 0 fully saturated rings. The predicted molar refractivity (Wildman–Crippen MR) is 95.5 cm³/mol. The monoisotopic (exact) mass is 385 g/mol. The third-order valence-corrected chi connectivity index (χ3v) is 3.15. The minimum atomic E-state index is -0.841. The fraction of sp³-hybridized carbons (Fsp3) is 0.375. The number of nitro benzene ring substituents is 1. The van der Waals surface area contributed by atoms with E-state index in [1.807, 2.05) is 0 Å². The summed E-state index contributed by atoms with van der Waals surface area (Å²) in [7, 11) is 0. The van der Waals surface area contributed by atoms with E-state index < -0.39 is 28.2 Å². The highest BCUT2D eigenvalue weighted by molar-refractivity contribution is 6.34. The van der Waals surface area contributed by atoms with E-state index in [1.54, 1.807) is 32.9 Å². The zero-order chi connectivity index (χ0) is 19.9. The SMILES string of the molecule is CC(C)(C)OC(=O)NC/C=C/COc1cc(C(N)=O)cc([N+](=O)[O-])c1Cl. The normalized spacial score (nSPS) is 11.2. The molecule has 1 aromatic carbocycles. The van der Waals surface area contributed by atoms with Gasteiger partial charge in [-0.3, -0.25) is 14.9 Å². The number of hydrogen-bond acceptors (Lipinski definition) is 6. The van der Waals surface area contributed by atoms with Gasteiger partial charge < -0.3 is 20.5 Å². The minimum Gasteiger partial charge on any atom is -0.488 e. The topological polar surface area (TPSA) is 134 Å². The van der Waals surface area contributed by atoms with E-state index in [-0.39, 0.29) is 29.5 Å². The zero-order valence-corrected chi connectivity index (χ0v) is 15.3. The second kappa shape index (κ2) is 9.04. The summed E-state index contributed by atoms with van der Waals surface area (Å²) in [5.41, 5.74) is 3.98. The first-order chi connectivity index (χ1) is 12.0. The molecule has 0 spiro atoms. The molecule has 0 unspecified atom stereocenters. The van der Waals surface area contributed by atoms with E-state index in [9.17, 15) is 19.7 Å². The van der Waals surface area contributed by atoms with Gasteiger partial charge in [0.05, 0.1) is 4.92 Å². The van der Waals surface area contributed by atoms with E-state index in [2.05, 4.69) is 5.32 Å². The van der Waals surface area contributed by atoms with Crippen molar-refractivity contribution in [1.29, 1.82) is 0 Å². The summed E-state index contributed by atoms with van der Waals surface area (Å²) in [5.74, 6) is -0.883. The van der Waals surface area contributed by atoms with Crippen LogP contribution in [0.15, 0.2) is 24.3 Å². The van der Waals surface area contributed by atoms with Gasteiger partial charge in [0, 0.05) is 18.2 Å². The first-order valence-electron chi connectivity index (χ1n) is 7.53. The van der Waals surface area contributed by atoms with Crippen LogP contribution in [-0.2, 0) is 4.74 Å². The molecule has 0 saturated heterocycles. The third-order valence-electron chi connectivity index (χ3n) is 2.77. The molecule has 0 aliphatic carbocycles. The lowest BCUT2D eigenvalue weighted by molar-refractivity contribution is -0.384. The van der Waals surface area contributed by atoms with Crippen LogP contribution in [0.1, 0.15) is 31.1 Å². The molecule has 142 valence electrons. The minimum absolute atomic E-state index is 0.00902. The van der Waals surface area contributed by atoms with E-state index in [4.69, 9.17) is 26.8 Å². The van der Waals surface area contributed by atoms with Gasteiger partial charge in [0.2, 0.25) is 5.91 Å². The zero-order valence-electron chi connectivity index (χ0n) is 14.6. The number of ether oxygens (including phenoxy) is 2. The van der Waals surface area contributed by atoms with Crippen molar-refractivity contribution in [3.8, 4) is 5.75 Å². The number of nitrogens with one attached hydrogen (secondary N) is 1. The highest BCUT2D eigenvalue weighted by Crippen LogP contribution is 2.35. The number of carbonyl (C=O) groups is 2. The molecule has 1 aromatic rings. The number of halogens is 1. The van der Waals surface area contributed by atoms with Gasteiger partial charge in [-0.05, 0) is 32.9 Å². The number of rotatable bonds is 7. The van der Waals surface area contributed by atoms with Crippen LogP contribution >= 0.6 is 11.6 Å². The van der Waals surface area contributed by atoms with Crippen LogP contribution in [0.5, 0.6) is 5.75 Å². The van der Waals surface area contributed by atoms with Gasteiger partial charge in [0.25, 0.3) is 5.69 Å². The second-order valence-corrected chi connectivity index (χ2v) is 6.47. The predicted octanol–water partition coefficient (Wildman–Crippen LogP) is 2.81. The quantitative estimate of drug-likeness (QED) is 0.421. The molecular weight excluding hydrogens is 366 g/mol. The third kappa shape index (κ3) is 6.98. The van der Waals surface area contributed by atoms with E-state index >= 15 is 0 Å². The van der Waals surface area contributed by atoms with Gasteiger partial charge in [-0.15, -0.1) is 0 Å². The summed E-state index contributed by atoms with van der Waals surface area (Å²) in [6.07, 6.45) is 2.61. The molecule has 3 N–H and O–H groups in total.